The molecule has 2 aromatic rings. The lowest BCUT2D eigenvalue weighted by Crippen LogP contribution is -2.08. The van der Waals surface area contributed by atoms with Crippen molar-refractivity contribution in [1.29, 1.82) is 0 Å². The van der Waals surface area contributed by atoms with Crippen molar-refractivity contribution in [2.45, 2.75) is 25.2 Å². The summed E-state index contributed by atoms with van der Waals surface area (Å²) in [6.45, 7) is 0.761. The molecule has 0 spiro atoms. The van der Waals surface area contributed by atoms with E-state index in [2.05, 4.69) is 0 Å². The van der Waals surface area contributed by atoms with Crippen molar-refractivity contribution >= 4 is 0 Å². The van der Waals surface area contributed by atoms with Crippen molar-refractivity contribution in [2.75, 3.05) is 0 Å². The molecule has 0 bridgehead atoms. The van der Waals surface area contributed by atoms with Crippen LogP contribution in [0.15, 0.2) is 54.6 Å². The van der Waals surface area contributed by atoms with Crippen LogP contribution in [-0.4, -0.2) is 0 Å². The lowest BCUT2D eigenvalue weighted by molar-refractivity contribution is 0.0174. The van der Waals surface area contributed by atoms with Crippen LogP contribution < -0.4 is 0 Å². The Morgan fingerprint density at radius 3 is 1.65 bits per heavy atom. The van der Waals surface area contributed by atoms with Crippen molar-refractivity contribution in [3.05, 3.63) is 71.3 Å². The van der Waals surface area contributed by atoms with Crippen LogP contribution in [-0.2, 0) is 5.92 Å². The van der Waals surface area contributed by atoms with Crippen molar-refractivity contribution in [3.8, 4) is 0 Å². The van der Waals surface area contributed by atoms with E-state index in [4.69, 9.17) is 0 Å². The second kappa shape index (κ2) is 5.65. The zero-order chi connectivity index (χ0) is 14.8. The Bertz CT molecular complexity index is 543. The predicted molar refractivity (Wildman–Crippen MR) is 70.2 cm³/mol. The molecule has 2 unspecified atom stereocenters. The normalized spacial score (nSPS) is 14.8. The number of hydrogen-bond donors (Lipinski definition) is 0. The van der Waals surface area contributed by atoms with Crippen LogP contribution in [0.4, 0.5) is 17.6 Å². The smallest absolute Gasteiger partial charge is 0.239 e. The van der Waals surface area contributed by atoms with Crippen LogP contribution in [0.3, 0.4) is 0 Å². The third-order valence-corrected chi connectivity index (χ3v) is 3.11. The predicted octanol–water partition coefficient (Wildman–Crippen LogP) is 5.52. The van der Waals surface area contributed by atoms with Crippen molar-refractivity contribution in [3.63, 3.8) is 0 Å². The maximum Gasteiger partial charge on any atom is 0.270 e. The molecule has 0 saturated carbocycles. The maximum atomic E-state index is 14.1. The molecule has 4 heteroatoms. The molecule has 2 aromatic carbocycles. The van der Waals surface area contributed by atoms with E-state index in [-0.39, 0.29) is 16.7 Å². The van der Waals surface area contributed by atoms with Gasteiger partial charge in [-0.15, -0.1) is 0 Å². The van der Waals surface area contributed by atoms with E-state index >= 15 is 0 Å². The fraction of sp³-hybridized carbons (Fsp3) is 0.250. The summed E-state index contributed by atoms with van der Waals surface area (Å²) in [5.74, 6) is -2.99. The Labute approximate surface area is 115 Å². The van der Waals surface area contributed by atoms with Gasteiger partial charge in [0.2, 0.25) is 0 Å². The van der Waals surface area contributed by atoms with Gasteiger partial charge in [-0.3, -0.25) is 0 Å². The number of benzene rings is 2. The fourth-order valence-corrected chi connectivity index (χ4v) is 1.93. The second-order valence-corrected chi connectivity index (χ2v) is 4.72. The Morgan fingerprint density at radius 1 is 0.750 bits per heavy atom. The summed E-state index contributed by atoms with van der Waals surface area (Å²) in [5, 5.41) is 0. The van der Waals surface area contributed by atoms with E-state index in [1.54, 1.807) is 18.2 Å². The summed E-state index contributed by atoms with van der Waals surface area (Å²) < 4.78 is 54.2. The van der Waals surface area contributed by atoms with Gasteiger partial charge in [-0.05, 0) is 11.1 Å². The SMILES string of the molecule is CC(F)(F)c1ccc(C(F)C(F)c2ccccc2)cc1. The highest BCUT2D eigenvalue weighted by Gasteiger charge is 2.27. The third-order valence-electron chi connectivity index (χ3n) is 3.11. The zero-order valence-electron chi connectivity index (χ0n) is 10.9. The lowest BCUT2D eigenvalue weighted by Gasteiger charge is -2.16. The molecular formula is C16H14F4. The third kappa shape index (κ3) is 3.18. The topological polar surface area (TPSA) is 0 Å². The monoisotopic (exact) mass is 282 g/mol. The van der Waals surface area contributed by atoms with E-state index in [9.17, 15) is 17.6 Å². The van der Waals surface area contributed by atoms with Crippen LogP contribution in [0.5, 0.6) is 0 Å². The van der Waals surface area contributed by atoms with Gasteiger partial charge in [-0.1, -0.05) is 54.6 Å². The van der Waals surface area contributed by atoms with Gasteiger partial charge < -0.3 is 0 Å². The first-order valence-corrected chi connectivity index (χ1v) is 6.21. The lowest BCUT2D eigenvalue weighted by atomic mass is 9.99. The van der Waals surface area contributed by atoms with E-state index in [1.807, 2.05) is 0 Å². The van der Waals surface area contributed by atoms with Gasteiger partial charge >= 0.3 is 0 Å². The van der Waals surface area contributed by atoms with Crippen molar-refractivity contribution in [1.82, 2.24) is 0 Å². The number of alkyl halides is 4. The Kier molecular flexibility index (Phi) is 4.12. The molecule has 0 radical (unpaired) electrons. The summed E-state index contributed by atoms with van der Waals surface area (Å²) in [6.07, 6.45) is -3.69. The van der Waals surface area contributed by atoms with Crippen molar-refractivity contribution < 1.29 is 17.6 Å². The molecular weight excluding hydrogens is 268 g/mol. The molecule has 106 valence electrons. The Balaban J connectivity index is 2.19. The second-order valence-electron chi connectivity index (χ2n) is 4.72. The first-order valence-electron chi connectivity index (χ1n) is 6.21. The number of rotatable bonds is 4. The zero-order valence-corrected chi connectivity index (χ0v) is 10.9. The average Bonchev–Trinajstić information content (AvgIpc) is 2.46. The van der Waals surface area contributed by atoms with Gasteiger partial charge in [0.25, 0.3) is 5.92 Å². The Hall–Kier alpha value is -1.84. The molecule has 20 heavy (non-hydrogen) atoms. The van der Waals surface area contributed by atoms with Crippen molar-refractivity contribution in [2.24, 2.45) is 0 Å². The van der Waals surface area contributed by atoms with E-state index < -0.39 is 18.3 Å². The molecule has 0 nitrogen and oxygen atoms in total. The van der Waals surface area contributed by atoms with Gasteiger partial charge in [-0.2, -0.15) is 0 Å². The average molecular weight is 282 g/mol. The van der Waals surface area contributed by atoms with Gasteiger partial charge in [-0.25, -0.2) is 17.6 Å². The Morgan fingerprint density at radius 2 is 1.20 bits per heavy atom. The number of halogens is 4. The van der Waals surface area contributed by atoms with E-state index in [1.165, 1.54) is 24.3 Å². The molecule has 0 fully saturated rings. The molecule has 2 rings (SSSR count). The van der Waals surface area contributed by atoms with Crippen LogP contribution in [0, 0.1) is 0 Å². The minimum atomic E-state index is -2.99. The van der Waals surface area contributed by atoms with Crippen LogP contribution in [0.25, 0.3) is 0 Å². The molecule has 0 saturated heterocycles. The molecule has 0 aliphatic rings. The molecule has 0 aliphatic heterocycles. The first kappa shape index (κ1) is 14.6. The molecule has 0 N–H and O–H groups in total. The van der Waals surface area contributed by atoms with Crippen LogP contribution in [0.1, 0.15) is 36.0 Å². The van der Waals surface area contributed by atoms with Gasteiger partial charge in [0.05, 0.1) is 0 Å². The molecule has 0 aromatic heterocycles. The highest BCUT2D eigenvalue weighted by molar-refractivity contribution is 5.29. The fourth-order valence-electron chi connectivity index (χ4n) is 1.93. The first-order chi connectivity index (χ1) is 9.39. The minimum absolute atomic E-state index is 0.0503. The molecule has 0 heterocycles. The molecule has 2 atom stereocenters. The van der Waals surface area contributed by atoms with Gasteiger partial charge in [0, 0.05) is 12.5 Å². The summed E-state index contributed by atoms with van der Waals surface area (Å²) in [6, 6.07) is 12.6. The molecule has 0 amide bonds. The van der Waals surface area contributed by atoms with E-state index in [0.717, 1.165) is 19.1 Å². The maximum absolute atomic E-state index is 14.1. The summed E-state index contributed by atoms with van der Waals surface area (Å²) in [7, 11) is 0. The minimum Gasteiger partial charge on any atom is -0.239 e. The summed E-state index contributed by atoms with van der Waals surface area (Å²) in [4.78, 5) is 0. The highest BCUT2D eigenvalue weighted by Crippen LogP contribution is 2.36. The molecule has 0 aliphatic carbocycles. The van der Waals surface area contributed by atoms with Gasteiger partial charge in [0.15, 0.2) is 12.3 Å². The number of hydrogen-bond acceptors (Lipinski definition) is 0. The summed E-state index contributed by atoms with van der Waals surface area (Å²) >= 11 is 0. The standard InChI is InChI=1S/C16H14F4/c1-16(19,20)13-9-7-12(8-10-13)15(18)14(17)11-5-3-2-4-6-11/h2-10,14-15H,1H3. The van der Waals surface area contributed by atoms with Crippen LogP contribution >= 0.6 is 0 Å². The summed E-state index contributed by atoms with van der Waals surface area (Å²) in [5.41, 5.74) is 0.0582. The largest absolute Gasteiger partial charge is 0.270 e. The van der Waals surface area contributed by atoms with E-state index in [0.29, 0.717) is 0 Å². The highest BCUT2D eigenvalue weighted by atomic mass is 19.3. The van der Waals surface area contributed by atoms with Crippen LogP contribution in [0.2, 0.25) is 0 Å². The van der Waals surface area contributed by atoms with Gasteiger partial charge in [0.1, 0.15) is 0 Å². The quantitative estimate of drug-likeness (QED) is 0.648.